The quantitative estimate of drug-likeness (QED) is 0.729. The first-order valence-electron chi connectivity index (χ1n) is 6.43. The van der Waals surface area contributed by atoms with Gasteiger partial charge in [0, 0.05) is 11.8 Å². The third-order valence-electron chi connectivity index (χ3n) is 2.89. The molecule has 1 aromatic heterocycles. The predicted octanol–water partition coefficient (Wildman–Crippen LogP) is 2.21. The van der Waals surface area contributed by atoms with E-state index in [2.05, 4.69) is 22.4 Å². The molecule has 0 unspecified atom stereocenters. The van der Waals surface area contributed by atoms with Crippen molar-refractivity contribution < 1.29 is 9.53 Å². The van der Waals surface area contributed by atoms with Crippen molar-refractivity contribution in [1.82, 2.24) is 10.2 Å². The molecule has 0 spiro atoms. The number of aromatic nitrogens is 2. The summed E-state index contributed by atoms with van der Waals surface area (Å²) in [5, 5.41) is 9.65. The van der Waals surface area contributed by atoms with Crippen molar-refractivity contribution in [2.45, 2.75) is 19.8 Å². The first kappa shape index (κ1) is 13.9. The molecule has 1 aromatic carbocycles. The number of hydrogen-bond acceptors (Lipinski definition) is 4. The number of hydrogen-bond donors (Lipinski definition) is 3. The Bertz CT molecular complexity index is 607. The van der Waals surface area contributed by atoms with Crippen LogP contribution in [0.15, 0.2) is 24.3 Å². The first-order valence-corrected chi connectivity index (χ1v) is 6.43. The maximum Gasteiger partial charge on any atom is 0.260 e. The highest BCUT2D eigenvalue weighted by atomic mass is 16.5. The lowest BCUT2D eigenvalue weighted by atomic mass is 10.1. The van der Waals surface area contributed by atoms with Crippen LogP contribution in [0, 0.1) is 0 Å². The summed E-state index contributed by atoms with van der Waals surface area (Å²) in [5.41, 5.74) is 7.58. The van der Waals surface area contributed by atoms with Gasteiger partial charge in [0.05, 0.1) is 18.4 Å². The Kier molecular flexibility index (Phi) is 4.24. The minimum absolute atomic E-state index is 0.302. The van der Waals surface area contributed by atoms with E-state index in [4.69, 9.17) is 10.5 Å². The average molecular weight is 274 g/mol. The lowest BCUT2D eigenvalue weighted by molar-refractivity contribution is 0.102. The molecule has 0 radical (unpaired) electrons. The van der Waals surface area contributed by atoms with Gasteiger partial charge in [0.1, 0.15) is 0 Å². The predicted molar refractivity (Wildman–Crippen MR) is 77.9 cm³/mol. The molecule has 20 heavy (non-hydrogen) atoms. The number of para-hydroxylation sites is 1. The lowest BCUT2D eigenvalue weighted by Crippen LogP contribution is -2.14. The van der Waals surface area contributed by atoms with Gasteiger partial charge in [-0.15, -0.1) is 0 Å². The summed E-state index contributed by atoms with van der Waals surface area (Å²) in [4.78, 5) is 12.2. The van der Waals surface area contributed by atoms with Crippen molar-refractivity contribution in [3.63, 3.8) is 0 Å². The summed E-state index contributed by atoms with van der Waals surface area (Å²) >= 11 is 0. The number of benzene rings is 1. The van der Waals surface area contributed by atoms with Crippen LogP contribution in [0.2, 0.25) is 0 Å². The number of rotatable bonds is 5. The van der Waals surface area contributed by atoms with Crippen LogP contribution in [0.4, 0.5) is 11.5 Å². The molecule has 0 atom stereocenters. The van der Waals surface area contributed by atoms with Crippen molar-refractivity contribution in [2.24, 2.45) is 0 Å². The second kappa shape index (κ2) is 6.10. The van der Waals surface area contributed by atoms with Gasteiger partial charge in [-0.1, -0.05) is 19.4 Å². The van der Waals surface area contributed by atoms with Crippen LogP contribution in [0.25, 0.3) is 0 Å². The largest absolute Gasteiger partial charge is 0.494 e. The number of nitrogens with one attached hydrogen (secondary N) is 2. The molecular formula is C14H18N4O2. The van der Waals surface area contributed by atoms with E-state index >= 15 is 0 Å². The SMILES string of the molecule is CCCc1cc(NC(=O)c2cccc(N)c2OC)n[nH]1. The third kappa shape index (κ3) is 2.90. The van der Waals surface area contributed by atoms with Gasteiger partial charge < -0.3 is 15.8 Å². The number of H-pyrrole nitrogens is 1. The molecule has 1 amide bonds. The van der Waals surface area contributed by atoms with Crippen LogP contribution in [-0.4, -0.2) is 23.2 Å². The second-order valence-electron chi connectivity index (χ2n) is 4.41. The fourth-order valence-electron chi connectivity index (χ4n) is 1.97. The number of nitrogens with two attached hydrogens (primary N) is 1. The molecule has 6 nitrogen and oxygen atoms in total. The highest BCUT2D eigenvalue weighted by molar-refractivity contribution is 6.06. The summed E-state index contributed by atoms with van der Waals surface area (Å²) in [6, 6.07) is 6.87. The first-order chi connectivity index (χ1) is 9.65. The molecule has 2 rings (SSSR count). The fraction of sp³-hybridized carbons (Fsp3) is 0.286. The van der Waals surface area contributed by atoms with E-state index in [-0.39, 0.29) is 5.91 Å². The van der Waals surface area contributed by atoms with E-state index in [0.29, 0.717) is 22.8 Å². The number of nitrogens with zero attached hydrogens (tertiary/aromatic N) is 1. The van der Waals surface area contributed by atoms with E-state index in [0.717, 1.165) is 18.5 Å². The zero-order valence-electron chi connectivity index (χ0n) is 11.6. The van der Waals surface area contributed by atoms with Crippen LogP contribution in [0.5, 0.6) is 5.75 Å². The molecule has 6 heteroatoms. The Labute approximate surface area is 117 Å². The highest BCUT2D eigenvalue weighted by Crippen LogP contribution is 2.26. The zero-order valence-corrected chi connectivity index (χ0v) is 11.6. The maximum absolute atomic E-state index is 12.2. The van der Waals surface area contributed by atoms with Crippen LogP contribution < -0.4 is 15.8 Å². The number of aryl methyl sites for hydroxylation is 1. The second-order valence-corrected chi connectivity index (χ2v) is 4.41. The Morgan fingerprint density at radius 1 is 1.50 bits per heavy atom. The van der Waals surface area contributed by atoms with Gasteiger partial charge in [0.25, 0.3) is 5.91 Å². The number of amides is 1. The number of anilines is 2. The van der Waals surface area contributed by atoms with Crippen molar-refractivity contribution in [3.05, 3.63) is 35.5 Å². The van der Waals surface area contributed by atoms with Crippen LogP contribution in [0.1, 0.15) is 29.4 Å². The number of ether oxygens (including phenoxy) is 1. The van der Waals surface area contributed by atoms with Gasteiger partial charge in [0.15, 0.2) is 11.6 Å². The summed E-state index contributed by atoms with van der Waals surface area (Å²) < 4.78 is 5.16. The van der Waals surface area contributed by atoms with Crippen molar-refractivity contribution in [1.29, 1.82) is 0 Å². The van der Waals surface area contributed by atoms with E-state index in [1.807, 2.05) is 6.07 Å². The van der Waals surface area contributed by atoms with Crippen molar-refractivity contribution >= 4 is 17.4 Å². The Morgan fingerprint density at radius 3 is 3.00 bits per heavy atom. The van der Waals surface area contributed by atoms with E-state index in [9.17, 15) is 4.79 Å². The molecule has 0 fully saturated rings. The number of aromatic amines is 1. The topological polar surface area (TPSA) is 93.0 Å². The van der Waals surface area contributed by atoms with Crippen LogP contribution >= 0.6 is 0 Å². The van der Waals surface area contributed by atoms with Crippen molar-refractivity contribution in [2.75, 3.05) is 18.2 Å². The Morgan fingerprint density at radius 2 is 2.30 bits per heavy atom. The van der Waals surface area contributed by atoms with Crippen LogP contribution in [-0.2, 0) is 6.42 Å². The van der Waals surface area contributed by atoms with Crippen LogP contribution in [0.3, 0.4) is 0 Å². The number of carbonyl (C=O) groups is 1. The molecule has 4 N–H and O–H groups in total. The maximum atomic E-state index is 12.2. The average Bonchev–Trinajstić information content (AvgIpc) is 2.86. The highest BCUT2D eigenvalue weighted by Gasteiger charge is 2.15. The normalized spacial score (nSPS) is 10.3. The molecule has 0 aliphatic heterocycles. The molecular weight excluding hydrogens is 256 g/mol. The Hall–Kier alpha value is -2.50. The molecule has 0 bridgehead atoms. The van der Waals surface area contributed by atoms with Gasteiger partial charge in [-0.3, -0.25) is 9.89 Å². The van der Waals surface area contributed by atoms with Gasteiger partial charge in [-0.05, 0) is 18.6 Å². The lowest BCUT2D eigenvalue weighted by Gasteiger charge is -2.09. The summed E-state index contributed by atoms with van der Waals surface area (Å²) in [5.74, 6) is 0.556. The Balaban J connectivity index is 2.17. The molecule has 0 saturated carbocycles. The summed E-state index contributed by atoms with van der Waals surface area (Å²) in [6.45, 7) is 2.08. The number of nitrogen functional groups attached to an aromatic ring is 1. The monoisotopic (exact) mass is 274 g/mol. The van der Waals surface area contributed by atoms with E-state index < -0.39 is 0 Å². The van der Waals surface area contributed by atoms with E-state index in [1.54, 1.807) is 18.2 Å². The minimum atomic E-state index is -0.302. The standard InChI is InChI=1S/C14H18N4O2/c1-3-5-9-8-12(18-17-9)16-14(19)10-6-4-7-11(15)13(10)20-2/h4,6-8H,3,5,15H2,1-2H3,(H2,16,17,18,19). The molecule has 0 saturated heterocycles. The van der Waals surface area contributed by atoms with Gasteiger partial charge in [-0.25, -0.2) is 0 Å². The molecule has 2 aromatic rings. The number of methoxy groups -OCH3 is 1. The molecule has 106 valence electrons. The summed E-state index contributed by atoms with van der Waals surface area (Å²) in [6.07, 6.45) is 1.91. The van der Waals surface area contributed by atoms with Gasteiger partial charge in [0.2, 0.25) is 0 Å². The molecule has 1 heterocycles. The number of carbonyl (C=O) groups excluding carboxylic acids is 1. The summed E-state index contributed by atoms with van der Waals surface area (Å²) in [7, 11) is 1.48. The zero-order chi connectivity index (χ0) is 14.5. The van der Waals surface area contributed by atoms with Gasteiger partial charge >= 0.3 is 0 Å². The van der Waals surface area contributed by atoms with Gasteiger partial charge in [-0.2, -0.15) is 5.10 Å². The van der Waals surface area contributed by atoms with Crippen molar-refractivity contribution in [3.8, 4) is 5.75 Å². The smallest absolute Gasteiger partial charge is 0.260 e. The third-order valence-corrected chi connectivity index (χ3v) is 2.89. The molecule has 0 aliphatic rings. The molecule has 0 aliphatic carbocycles. The minimum Gasteiger partial charge on any atom is -0.494 e. The van der Waals surface area contributed by atoms with E-state index in [1.165, 1.54) is 7.11 Å². The fourth-order valence-corrected chi connectivity index (χ4v) is 1.97.